The number of fused-ring (bicyclic) bond motifs is 4. The third kappa shape index (κ3) is 24.9. The summed E-state index contributed by atoms with van der Waals surface area (Å²) in [5.74, 6) is 2.45. The average molecular weight is 1920 g/mol. The van der Waals surface area contributed by atoms with E-state index in [2.05, 4.69) is 102 Å². The van der Waals surface area contributed by atoms with Crippen molar-refractivity contribution in [3.63, 3.8) is 0 Å². The standard InChI is InChI=1S/C27H28ClFN6O3S.C26H27N5O2.C25H23Cl2N5O2.C22H26ClN5O/c1-17-15-18(24-21(28)9-10-23(36)25(24)29)16-22-26(17)31-27(33-32-22)30-19-5-7-20(8-6-19)39(37,38)34(2)13-14-35-11-3-4-12-35;1-18-15-24-25(17-23(18)19-5-4-6-21(32)16-19)29-30-26(28-24)27-20-7-9-22(10-8-20)33-14-13-31-11-2-3-12-31;26-21-8-5-17(33)13-19(21)20-14-24-23(15-22(20)27)29-25(31-30-24)28-16-3-6-18(7-4-16)34-12-11-32-9-1-2-10-32;1-15-12-16(18-14-17(29)6-7-19(18)23)13-20-21(15)25-22(27-26-20)24-8-2-3-9-28-10-4-5-11-28/h5-10,15-16,36H,3-4,11-14H2,1-2H3,(H,30,31,33);4-10,15-17,32H,2-3,11-14H2,1H3,(H,27,28,30);3-8,13-15,33H,1-2,9-12H2,(H,28,29,31);6-7,12-14,29H,2-5,8-11H2,1H3,(H,24,25,27). The highest BCUT2D eigenvalue weighted by Crippen LogP contribution is 2.41. The van der Waals surface area contributed by atoms with Gasteiger partial charge in [0.15, 0.2) is 11.6 Å². The Hall–Kier alpha value is -12.7. The Morgan fingerprint density at radius 3 is 1.39 bits per heavy atom. The molecule has 0 atom stereocenters. The molecule has 11 aromatic carbocycles. The maximum absolute atomic E-state index is 14.6. The largest absolute Gasteiger partial charge is 0.508 e. The molecule has 8 heterocycles. The average Bonchev–Trinajstić information content (AvgIpc) is 1.21. The Morgan fingerprint density at radius 1 is 0.393 bits per heavy atom. The van der Waals surface area contributed by atoms with E-state index >= 15 is 0 Å². The summed E-state index contributed by atoms with van der Waals surface area (Å²) in [7, 11) is -2.01. The number of hydrogen-bond acceptors (Lipinski definition) is 28. The fourth-order valence-electron chi connectivity index (χ4n) is 16.7. The van der Waals surface area contributed by atoms with E-state index in [1.165, 1.54) is 113 Å². The Balaban J connectivity index is 0.000000131. The van der Waals surface area contributed by atoms with Crippen LogP contribution in [0.3, 0.4) is 0 Å². The van der Waals surface area contributed by atoms with E-state index in [0.29, 0.717) is 114 Å². The first kappa shape index (κ1) is 95.5. The second kappa shape index (κ2) is 44.7. The third-order valence-electron chi connectivity index (χ3n) is 24.0. The van der Waals surface area contributed by atoms with Crippen LogP contribution in [-0.2, 0) is 10.0 Å². The molecule has 15 aromatic rings. The molecule has 19 rings (SSSR count). The monoisotopic (exact) mass is 1920 g/mol. The highest BCUT2D eigenvalue weighted by molar-refractivity contribution is 7.89. The zero-order valence-electron chi connectivity index (χ0n) is 75.2. The Labute approximate surface area is 802 Å². The summed E-state index contributed by atoms with van der Waals surface area (Å²) in [5.41, 5.74) is 15.5. The van der Waals surface area contributed by atoms with Crippen LogP contribution in [0.15, 0.2) is 199 Å². The van der Waals surface area contributed by atoms with Crippen LogP contribution in [0.25, 0.3) is 88.6 Å². The van der Waals surface area contributed by atoms with Crippen molar-refractivity contribution in [2.45, 2.75) is 89.9 Å². The number of benzene rings is 11. The minimum atomic E-state index is -3.61. The number of ether oxygens (including phenoxy) is 2. The topological polar surface area (TPSA) is 353 Å². The van der Waals surface area contributed by atoms with E-state index in [1.807, 2.05) is 98.8 Å². The molecule has 0 spiro atoms. The highest BCUT2D eigenvalue weighted by Gasteiger charge is 2.25. The Kier molecular flexibility index (Phi) is 31.6. The summed E-state index contributed by atoms with van der Waals surface area (Å²) in [5, 5.41) is 87.6. The molecule has 0 radical (unpaired) electrons. The number of sulfonamides is 1. The molecule has 0 unspecified atom stereocenters. The van der Waals surface area contributed by atoms with Crippen LogP contribution in [0.1, 0.15) is 80.9 Å². The molecule has 29 nitrogen and oxygen atoms in total. The van der Waals surface area contributed by atoms with E-state index in [4.69, 9.17) is 55.9 Å². The maximum Gasteiger partial charge on any atom is 0.247 e. The Bertz CT molecular complexity index is 6810. The molecular formula is C100H104Cl4FN21O8S. The molecule has 4 aliphatic heterocycles. The van der Waals surface area contributed by atoms with Crippen molar-refractivity contribution in [3.8, 4) is 79.0 Å². The number of nitrogens with one attached hydrogen (secondary N) is 4. The lowest BCUT2D eigenvalue weighted by Gasteiger charge is -2.21. The summed E-state index contributed by atoms with van der Waals surface area (Å²) < 4.78 is 53.7. The molecule has 4 aliphatic rings. The van der Waals surface area contributed by atoms with Gasteiger partial charge in [0.05, 0.1) is 37.0 Å². The zero-order chi connectivity index (χ0) is 94.1. The molecule has 8 N–H and O–H groups in total. The number of aryl methyl sites for hydroxylation is 3. The third-order valence-corrected chi connectivity index (χ3v) is 27.1. The van der Waals surface area contributed by atoms with E-state index in [1.54, 1.807) is 105 Å². The first-order valence-corrected chi connectivity index (χ1v) is 48.1. The molecule has 0 aliphatic carbocycles. The quantitative estimate of drug-likeness (QED) is 0.0202. The number of likely N-dealkylation sites (tertiary alicyclic amines) is 4. The van der Waals surface area contributed by atoms with Crippen LogP contribution in [0, 0.1) is 26.6 Å². The van der Waals surface area contributed by atoms with Gasteiger partial charge in [0.1, 0.15) is 64.0 Å². The Morgan fingerprint density at radius 2 is 0.837 bits per heavy atom. The fraction of sp³-hybridized carbons (Fsp3) is 0.300. The summed E-state index contributed by atoms with van der Waals surface area (Å²) in [6.45, 7) is 21.6. The van der Waals surface area contributed by atoms with Crippen molar-refractivity contribution in [1.82, 2.24) is 84.6 Å². The van der Waals surface area contributed by atoms with Crippen LogP contribution >= 0.6 is 46.4 Å². The molecule has 35 heteroatoms. The number of aromatic hydroxyl groups is 4. The number of likely N-dealkylation sites (N-methyl/N-ethyl adjacent to an activating group) is 1. The van der Waals surface area contributed by atoms with Crippen molar-refractivity contribution in [3.05, 3.63) is 237 Å². The zero-order valence-corrected chi connectivity index (χ0v) is 79.0. The molecule has 0 amide bonds. The van der Waals surface area contributed by atoms with Gasteiger partial charge in [-0.25, -0.2) is 32.7 Å². The molecule has 698 valence electrons. The lowest BCUT2D eigenvalue weighted by molar-refractivity contribution is 0.237. The predicted molar refractivity (Wildman–Crippen MR) is 532 cm³/mol. The van der Waals surface area contributed by atoms with Crippen molar-refractivity contribution >= 4 is 141 Å². The number of anilines is 7. The number of phenols is 4. The SMILES string of the molecule is Cc1cc(-c2c(Cl)ccc(O)c2F)cc2nnc(Nc3ccc(S(=O)(=O)N(C)CCN4CCCC4)cc3)nc12.Cc1cc(-c2cc(O)ccc2Cl)cc2nnc(NCCCCN3CCCC3)nc12.Cc1cc2nc(Nc3ccc(OCCN4CCCC4)cc3)nnc2cc1-c1cccc(O)c1.Oc1ccc(Cl)c(-c2cc3nnc(Nc4ccc(OCCN5CCCC5)cc4)nc3cc2Cl)c1. The predicted octanol–water partition coefficient (Wildman–Crippen LogP) is 20.5. The van der Waals surface area contributed by atoms with E-state index < -0.39 is 21.6 Å². The van der Waals surface area contributed by atoms with Crippen molar-refractivity contribution < 1.29 is 42.7 Å². The molecule has 0 bridgehead atoms. The van der Waals surface area contributed by atoms with Crippen molar-refractivity contribution in [1.29, 1.82) is 0 Å². The number of halogens is 5. The number of hydrogen-bond donors (Lipinski definition) is 8. The van der Waals surface area contributed by atoms with Gasteiger partial charge in [0.2, 0.25) is 33.8 Å². The van der Waals surface area contributed by atoms with Gasteiger partial charge in [-0.3, -0.25) is 9.80 Å². The van der Waals surface area contributed by atoms with Gasteiger partial charge in [-0.2, -0.15) is 4.31 Å². The van der Waals surface area contributed by atoms with E-state index in [-0.39, 0.29) is 38.7 Å². The van der Waals surface area contributed by atoms with Gasteiger partial charge in [-0.1, -0.05) is 58.5 Å². The first-order chi connectivity index (χ1) is 65.4. The number of aromatic nitrogens is 12. The van der Waals surface area contributed by atoms with Gasteiger partial charge in [-0.05, 0) is 365 Å². The van der Waals surface area contributed by atoms with Crippen LogP contribution < -0.4 is 30.7 Å². The summed E-state index contributed by atoms with van der Waals surface area (Å²) >= 11 is 25.3. The smallest absolute Gasteiger partial charge is 0.247 e. The lowest BCUT2D eigenvalue weighted by atomic mass is 9.99. The minimum Gasteiger partial charge on any atom is -0.508 e. The maximum atomic E-state index is 14.6. The van der Waals surface area contributed by atoms with Gasteiger partial charge in [0, 0.05) is 89.1 Å². The number of nitrogens with zero attached hydrogens (tertiary/aromatic N) is 17. The van der Waals surface area contributed by atoms with Crippen molar-refractivity contribution in [2.24, 2.45) is 0 Å². The second-order valence-corrected chi connectivity index (χ2v) is 37.4. The second-order valence-electron chi connectivity index (χ2n) is 33.8. The van der Waals surface area contributed by atoms with Gasteiger partial charge < -0.3 is 61.0 Å². The number of phenolic OH excluding ortho intramolecular Hbond substituents is 4. The summed E-state index contributed by atoms with van der Waals surface area (Å²) in [4.78, 5) is 28.2. The van der Waals surface area contributed by atoms with Gasteiger partial charge in [-0.15, -0.1) is 40.8 Å². The van der Waals surface area contributed by atoms with Crippen molar-refractivity contribution in [2.75, 3.05) is 133 Å². The summed E-state index contributed by atoms with van der Waals surface area (Å²) in [6.07, 6.45) is 12.4. The summed E-state index contributed by atoms with van der Waals surface area (Å²) in [6, 6.07) is 56.0. The van der Waals surface area contributed by atoms with Crippen LogP contribution in [0.4, 0.5) is 45.2 Å². The fourth-order valence-corrected chi connectivity index (χ4v) is 18.8. The minimum absolute atomic E-state index is 0.0717. The normalized spacial score (nSPS) is 14.2. The van der Waals surface area contributed by atoms with Crippen LogP contribution in [0.5, 0.6) is 34.5 Å². The molecule has 4 fully saturated rings. The van der Waals surface area contributed by atoms with Gasteiger partial charge in [0.25, 0.3) is 0 Å². The number of unbranched alkanes of at least 4 members (excludes halogenated alkanes) is 1. The molecule has 4 saturated heterocycles. The lowest BCUT2D eigenvalue weighted by Crippen LogP contribution is -2.35. The number of rotatable bonds is 29. The molecule has 0 saturated carbocycles. The van der Waals surface area contributed by atoms with Gasteiger partial charge >= 0.3 is 0 Å². The first-order valence-electron chi connectivity index (χ1n) is 45.1. The highest BCUT2D eigenvalue weighted by atomic mass is 35.5. The molecule has 135 heavy (non-hydrogen) atoms. The molecule has 4 aromatic heterocycles. The van der Waals surface area contributed by atoms with Crippen LogP contribution in [0.2, 0.25) is 20.1 Å². The van der Waals surface area contributed by atoms with E-state index in [9.17, 15) is 33.2 Å². The molecular weight excluding hydrogens is 1820 g/mol. The van der Waals surface area contributed by atoms with E-state index in [0.717, 1.165) is 126 Å². The van der Waals surface area contributed by atoms with Crippen LogP contribution in [-0.4, -0.2) is 225 Å².